The van der Waals surface area contributed by atoms with Crippen molar-refractivity contribution in [2.75, 3.05) is 20.2 Å². The van der Waals surface area contributed by atoms with Crippen LogP contribution in [0.2, 0.25) is 0 Å². The molecule has 86 valence electrons. The molecule has 0 aromatic rings. The zero-order valence-electron chi connectivity index (χ0n) is 8.99. The summed E-state index contributed by atoms with van der Waals surface area (Å²) in [6.45, 7) is 1.52. The SMILES string of the molecule is COC(=O)[C@@H](N)C[C@]1(C=O)CCCNC1. The van der Waals surface area contributed by atoms with Crippen molar-refractivity contribution in [2.45, 2.75) is 25.3 Å². The fourth-order valence-corrected chi connectivity index (χ4v) is 1.99. The molecule has 5 nitrogen and oxygen atoms in total. The summed E-state index contributed by atoms with van der Waals surface area (Å²) in [6.07, 6.45) is 3.00. The fraction of sp³-hybridized carbons (Fsp3) is 0.800. The van der Waals surface area contributed by atoms with Gasteiger partial charge in [-0.2, -0.15) is 0 Å². The van der Waals surface area contributed by atoms with Crippen molar-refractivity contribution in [3.8, 4) is 0 Å². The van der Waals surface area contributed by atoms with Crippen LogP contribution in [0, 0.1) is 5.41 Å². The summed E-state index contributed by atoms with van der Waals surface area (Å²) in [7, 11) is 1.30. The van der Waals surface area contributed by atoms with Gasteiger partial charge in [0.05, 0.1) is 7.11 Å². The van der Waals surface area contributed by atoms with E-state index in [0.29, 0.717) is 13.0 Å². The van der Waals surface area contributed by atoms with Crippen LogP contribution in [0.4, 0.5) is 0 Å². The predicted molar refractivity (Wildman–Crippen MR) is 55.2 cm³/mol. The summed E-state index contributed by atoms with van der Waals surface area (Å²) < 4.78 is 4.54. The molecular formula is C10H18N2O3. The molecule has 0 amide bonds. The van der Waals surface area contributed by atoms with Gasteiger partial charge in [-0.05, 0) is 25.8 Å². The van der Waals surface area contributed by atoms with Crippen molar-refractivity contribution in [3.05, 3.63) is 0 Å². The standard InChI is InChI=1S/C10H18N2O3/c1-15-9(14)8(11)5-10(7-13)3-2-4-12-6-10/h7-8,12H,2-6,11H2,1H3/t8-,10+/m0/s1. The number of esters is 1. The highest BCUT2D eigenvalue weighted by Crippen LogP contribution is 2.28. The number of nitrogens with two attached hydrogens (primary N) is 1. The van der Waals surface area contributed by atoms with Crippen LogP contribution in [0.25, 0.3) is 0 Å². The molecule has 1 aliphatic heterocycles. The molecule has 15 heavy (non-hydrogen) atoms. The maximum Gasteiger partial charge on any atom is 0.322 e. The Kier molecular flexibility index (Phi) is 4.23. The van der Waals surface area contributed by atoms with E-state index in [1.807, 2.05) is 0 Å². The van der Waals surface area contributed by atoms with Crippen LogP contribution in [0.3, 0.4) is 0 Å². The van der Waals surface area contributed by atoms with Gasteiger partial charge in [0, 0.05) is 12.0 Å². The van der Waals surface area contributed by atoms with Gasteiger partial charge in [0.2, 0.25) is 0 Å². The van der Waals surface area contributed by atoms with E-state index in [-0.39, 0.29) is 0 Å². The molecule has 1 saturated heterocycles. The number of piperidine rings is 1. The summed E-state index contributed by atoms with van der Waals surface area (Å²) in [4.78, 5) is 22.2. The molecule has 0 spiro atoms. The third-order valence-corrected chi connectivity index (χ3v) is 2.89. The molecule has 1 rings (SSSR count). The third-order valence-electron chi connectivity index (χ3n) is 2.89. The monoisotopic (exact) mass is 214 g/mol. The molecule has 1 heterocycles. The number of hydrogen-bond donors (Lipinski definition) is 2. The fourth-order valence-electron chi connectivity index (χ4n) is 1.99. The first-order valence-corrected chi connectivity index (χ1v) is 5.14. The molecule has 0 bridgehead atoms. The molecule has 0 aliphatic carbocycles. The van der Waals surface area contributed by atoms with Crippen LogP contribution in [0.15, 0.2) is 0 Å². The van der Waals surface area contributed by atoms with Gasteiger partial charge in [-0.25, -0.2) is 0 Å². The summed E-state index contributed by atoms with van der Waals surface area (Å²) in [5.41, 5.74) is 5.16. The average Bonchev–Trinajstić information content (AvgIpc) is 2.29. The average molecular weight is 214 g/mol. The second-order valence-corrected chi connectivity index (χ2v) is 4.09. The second kappa shape index (κ2) is 5.23. The lowest BCUT2D eigenvalue weighted by molar-refractivity contribution is -0.143. The largest absolute Gasteiger partial charge is 0.468 e. The van der Waals surface area contributed by atoms with Crippen molar-refractivity contribution in [1.82, 2.24) is 5.32 Å². The van der Waals surface area contributed by atoms with Crippen molar-refractivity contribution in [3.63, 3.8) is 0 Å². The Morgan fingerprint density at radius 2 is 2.47 bits per heavy atom. The molecule has 0 unspecified atom stereocenters. The minimum Gasteiger partial charge on any atom is -0.468 e. The third kappa shape index (κ3) is 3.00. The molecule has 1 aliphatic rings. The minimum atomic E-state index is -0.708. The van der Waals surface area contributed by atoms with Crippen molar-refractivity contribution in [1.29, 1.82) is 0 Å². The van der Waals surface area contributed by atoms with Crippen LogP contribution in [-0.2, 0) is 14.3 Å². The van der Waals surface area contributed by atoms with Gasteiger partial charge >= 0.3 is 5.97 Å². The van der Waals surface area contributed by atoms with E-state index in [4.69, 9.17) is 5.73 Å². The van der Waals surface area contributed by atoms with Gasteiger partial charge in [-0.15, -0.1) is 0 Å². The maximum absolute atomic E-state index is 11.2. The summed E-state index contributed by atoms with van der Waals surface area (Å²) in [5.74, 6) is -0.457. The van der Waals surface area contributed by atoms with Gasteiger partial charge in [0.15, 0.2) is 0 Å². The maximum atomic E-state index is 11.2. The van der Waals surface area contributed by atoms with Gasteiger partial charge in [-0.3, -0.25) is 4.79 Å². The van der Waals surface area contributed by atoms with E-state index < -0.39 is 17.4 Å². The second-order valence-electron chi connectivity index (χ2n) is 4.09. The number of carbonyl (C=O) groups is 2. The number of rotatable bonds is 4. The van der Waals surface area contributed by atoms with Crippen LogP contribution in [0.1, 0.15) is 19.3 Å². The highest BCUT2D eigenvalue weighted by atomic mass is 16.5. The summed E-state index contributed by atoms with van der Waals surface area (Å²) in [5, 5.41) is 3.15. The lowest BCUT2D eigenvalue weighted by atomic mass is 9.77. The molecular weight excluding hydrogens is 196 g/mol. The lowest BCUT2D eigenvalue weighted by Gasteiger charge is -2.33. The van der Waals surface area contributed by atoms with E-state index in [1.165, 1.54) is 7.11 Å². The molecule has 5 heteroatoms. The number of carbonyl (C=O) groups excluding carboxylic acids is 2. The molecule has 0 aromatic heterocycles. The van der Waals surface area contributed by atoms with Crippen molar-refractivity contribution < 1.29 is 14.3 Å². The van der Waals surface area contributed by atoms with Crippen LogP contribution >= 0.6 is 0 Å². The van der Waals surface area contributed by atoms with Crippen molar-refractivity contribution >= 4 is 12.3 Å². The Balaban J connectivity index is 2.58. The Bertz CT molecular complexity index is 237. The Morgan fingerprint density at radius 1 is 1.73 bits per heavy atom. The number of nitrogens with one attached hydrogen (secondary N) is 1. The quantitative estimate of drug-likeness (QED) is 0.484. The van der Waals surface area contributed by atoms with Gasteiger partial charge in [-0.1, -0.05) is 0 Å². The van der Waals surface area contributed by atoms with Gasteiger partial charge < -0.3 is 20.6 Å². The first-order valence-electron chi connectivity index (χ1n) is 5.14. The number of hydrogen-bond acceptors (Lipinski definition) is 5. The van der Waals surface area contributed by atoms with Crippen LogP contribution in [0.5, 0.6) is 0 Å². The highest BCUT2D eigenvalue weighted by Gasteiger charge is 2.35. The number of aldehydes is 1. The zero-order valence-corrected chi connectivity index (χ0v) is 8.99. The topological polar surface area (TPSA) is 81.4 Å². The van der Waals surface area contributed by atoms with E-state index in [0.717, 1.165) is 25.7 Å². The Hall–Kier alpha value is -0.940. The normalized spacial score (nSPS) is 28.1. The van der Waals surface area contributed by atoms with Gasteiger partial charge in [0.1, 0.15) is 12.3 Å². The first kappa shape index (κ1) is 12.1. The number of methoxy groups -OCH3 is 1. The Morgan fingerprint density at radius 3 is 2.93 bits per heavy atom. The van der Waals surface area contributed by atoms with E-state index in [2.05, 4.69) is 10.1 Å². The number of ether oxygens (including phenoxy) is 1. The molecule has 3 N–H and O–H groups in total. The summed E-state index contributed by atoms with van der Waals surface area (Å²) >= 11 is 0. The van der Waals surface area contributed by atoms with Crippen LogP contribution in [-0.4, -0.2) is 38.5 Å². The van der Waals surface area contributed by atoms with E-state index in [1.54, 1.807) is 0 Å². The Labute approximate surface area is 89.3 Å². The van der Waals surface area contributed by atoms with Crippen molar-refractivity contribution in [2.24, 2.45) is 11.1 Å². The molecule has 1 fully saturated rings. The van der Waals surface area contributed by atoms with Crippen LogP contribution < -0.4 is 11.1 Å². The highest BCUT2D eigenvalue weighted by molar-refractivity contribution is 5.76. The smallest absolute Gasteiger partial charge is 0.322 e. The molecule has 0 radical (unpaired) electrons. The molecule has 0 aromatic carbocycles. The van der Waals surface area contributed by atoms with Gasteiger partial charge in [0.25, 0.3) is 0 Å². The summed E-state index contributed by atoms with van der Waals surface area (Å²) in [6, 6.07) is -0.708. The predicted octanol–water partition coefficient (Wildman–Crippen LogP) is -0.554. The van der Waals surface area contributed by atoms with E-state index >= 15 is 0 Å². The van der Waals surface area contributed by atoms with E-state index in [9.17, 15) is 9.59 Å². The first-order chi connectivity index (χ1) is 7.13. The zero-order chi connectivity index (χ0) is 11.3. The molecule has 0 saturated carbocycles. The lowest BCUT2D eigenvalue weighted by Crippen LogP contribution is -2.47. The minimum absolute atomic E-state index is 0.357. The molecule has 2 atom stereocenters.